The zero-order valence-electron chi connectivity index (χ0n) is 16.4. The zero-order chi connectivity index (χ0) is 20.3. The van der Waals surface area contributed by atoms with Crippen molar-refractivity contribution in [3.8, 4) is 0 Å². The van der Waals surface area contributed by atoms with E-state index >= 15 is 0 Å². The second-order valence-electron chi connectivity index (χ2n) is 7.13. The molecule has 7 nitrogen and oxygen atoms in total. The lowest BCUT2D eigenvalue weighted by Gasteiger charge is -2.16. The maximum absolute atomic E-state index is 13.0. The molecule has 0 saturated carbocycles. The molecule has 1 unspecified atom stereocenters. The van der Waals surface area contributed by atoms with Crippen molar-refractivity contribution in [2.75, 3.05) is 5.32 Å². The molecular formula is C20H24N4O3S. The van der Waals surface area contributed by atoms with E-state index < -0.39 is 5.25 Å². The summed E-state index contributed by atoms with van der Waals surface area (Å²) >= 11 is 1.26. The zero-order valence-corrected chi connectivity index (χ0v) is 17.2. The van der Waals surface area contributed by atoms with Crippen molar-refractivity contribution in [3.05, 3.63) is 46.4 Å². The van der Waals surface area contributed by atoms with E-state index in [4.69, 9.17) is 4.52 Å². The van der Waals surface area contributed by atoms with Crippen LogP contribution in [-0.4, -0.2) is 25.9 Å². The lowest BCUT2D eigenvalue weighted by atomic mass is 10.1. The van der Waals surface area contributed by atoms with Crippen molar-refractivity contribution in [2.45, 2.75) is 51.1 Å². The fourth-order valence-electron chi connectivity index (χ4n) is 2.68. The van der Waals surface area contributed by atoms with Crippen LogP contribution in [0.1, 0.15) is 32.9 Å². The van der Waals surface area contributed by atoms with Gasteiger partial charge in [-0.25, -0.2) is 4.98 Å². The van der Waals surface area contributed by atoms with Crippen LogP contribution in [0, 0.1) is 12.8 Å². The Bertz CT molecular complexity index is 1040. The SMILES string of the molecule is Cc1cc(NC(=O)C(C)Sc2nc3ccccc3c(=O)n2CCC(C)C)on1. The summed E-state index contributed by atoms with van der Waals surface area (Å²) in [5.74, 6) is 0.518. The Balaban J connectivity index is 1.88. The van der Waals surface area contributed by atoms with Gasteiger partial charge in [0.2, 0.25) is 11.8 Å². The molecule has 0 aliphatic heterocycles. The van der Waals surface area contributed by atoms with E-state index in [0.717, 1.165) is 6.42 Å². The van der Waals surface area contributed by atoms with Gasteiger partial charge in [0, 0.05) is 12.6 Å². The van der Waals surface area contributed by atoms with Crippen LogP contribution in [0.2, 0.25) is 0 Å². The average Bonchev–Trinajstić information content (AvgIpc) is 3.06. The maximum atomic E-state index is 13.0. The molecule has 3 aromatic rings. The number of carbonyl (C=O) groups is 1. The summed E-state index contributed by atoms with van der Waals surface area (Å²) in [6, 6.07) is 8.94. The van der Waals surface area contributed by atoms with Gasteiger partial charge in [-0.2, -0.15) is 0 Å². The number of rotatable bonds is 7. The molecule has 0 bridgehead atoms. The third-order valence-electron chi connectivity index (χ3n) is 4.28. The van der Waals surface area contributed by atoms with Gasteiger partial charge in [-0.1, -0.05) is 42.9 Å². The second-order valence-corrected chi connectivity index (χ2v) is 8.44. The Kier molecular flexibility index (Phi) is 6.18. The first-order chi connectivity index (χ1) is 13.3. The first kappa shape index (κ1) is 20.1. The lowest BCUT2D eigenvalue weighted by molar-refractivity contribution is -0.115. The predicted molar refractivity (Wildman–Crippen MR) is 111 cm³/mol. The molecule has 0 radical (unpaired) electrons. The molecule has 0 saturated heterocycles. The first-order valence-corrected chi connectivity index (χ1v) is 10.1. The number of anilines is 1. The normalized spacial score (nSPS) is 12.5. The number of hydrogen-bond acceptors (Lipinski definition) is 6. The summed E-state index contributed by atoms with van der Waals surface area (Å²) < 4.78 is 6.71. The van der Waals surface area contributed by atoms with Crippen LogP contribution >= 0.6 is 11.8 Å². The Morgan fingerprint density at radius 3 is 2.71 bits per heavy atom. The number of fused-ring (bicyclic) bond motifs is 1. The van der Waals surface area contributed by atoms with Crippen molar-refractivity contribution in [2.24, 2.45) is 5.92 Å². The summed E-state index contributed by atoms with van der Waals surface area (Å²) in [6.07, 6.45) is 0.853. The molecule has 0 aliphatic rings. The van der Waals surface area contributed by atoms with Gasteiger partial charge in [0.1, 0.15) is 0 Å². The van der Waals surface area contributed by atoms with Crippen LogP contribution in [0.5, 0.6) is 0 Å². The number of nitrogens with zero attached hydrogens (tertiary/aromatic N) is 3. The molecule has 1 amide bonds. The smallest absolute Gasteiger partial charge is 0.262 e. The largest absolute Gasteiger partial charge is 0.338 e. The predicted octanol–water partition coefficient (Wildman–Crippen LogP) is 3.86. The number of aryl methyl sites for hydroxylation is 1. The number of aromatic nitrogens is 3. The summed E-state index contributed by atoms with van der Waals surface area (Å²) in [5.41, 5.74) is 1.25. The number of carbonyl (C=O) groups excluding carboxylic acids is 1. The van der Waals surface area contributed by atoms with Crippen molar-refractivity contribution in [3.63, 3.8) is 0 Å². The number of nitrogens with one attached hydrogen (secondary N) is 1. The third kappa shape index (κ3) is 4.62. The summed E-state index contributed by atoms with van der Waals surface area (Å²) in [7, 11) is 0. The Morgan fingerprint density at radius 1 is 1.29 bits per heavy atom. The molecule has 3 rings (SSSR count). The van der Waals surface area contributed by atoms with E-state index in [1.54, 1.807) is 30.5 Å². The summed E-state index contributed by atoms with van der Waals surface area (Å²) in [4.78, 5) is 30.2. The number of benzene rings is 1. The van der Waals surface area contributed by atoms with Crippen LogP contribution in [0.15, 0.2) is 44.8 Å². The van der Waals surface area contributed by atoms with Crippen LogP contribution in [-0.2, 0) is 11.3 Å². The maximum Gasteiger partial charge on any atom is 0.262 e. The quantitative estimate of drug-likeness (QED) is 0.478. The van der Waals surface area contributed by atoms with E-state index in [-0.39, 0.29) is 11.5 Å². The molecule has 8 heteroatoms. The highest BCUT2D eigenvalue weighted by Crippen LogP contribution is 2.24. The second kappa shape index (κ2) is 8.60. The van der Waals surface area contributed by atoms with Gasteiger partial charge in [0.25, 0.3) is 5.56 Å². The van der Waals surface area contributed by atoms with E-state index in [0.29, 0.717) is 40.1 Å². The minimum absolute atomic E-state index is 0.0767. The molecular weight excluding hydrogens is 376 g/mol. The molecule has 1 aromatic carbocycles. The van der Waals surface area contributed by atoms with Crippen molar-refractivity contribution >= 4 is 34.5 Å². The van der Waals surface area contributed by atoms with Crippen LogP contribution in [0.25, 0.3) is 10.9 Å². The van der Waals surface area contributed by atoms with Crippen LogP contribution in [0.3, 0.4) is 0 Å². The fraction of sp³-hybridized carbons (Fsp3) is 0.400. The van der Waals surface area contributed by atoms with Gasteiger partial charge in [-0.3, -0.25) is 19.5 Å². The fourth-order valence-corrected chi connectivity index (χ4v) is 3.61. The van der Waals surface area contributed by atoms with Crippen molar-refractivity contribution in [1.82, 2.24) is 14.7 Å². The highest BCUT2D eigenvalue weighted by Gasteiger charge is 2.20. The van der Waals surface area contributed by atoms with Gasteiger partial charge >= 0.3 is 0 Å². The molecule has 148 valence electrons. The number of hydrogen-bond donors (Lipinski definition) is 1. The van der Waals surface area contributed by atoms with E-state index in [2.05, 4.69) is 29.3 Å². The van der Waals surface area contributed by atoms with Crippen molar-refractivity contribution in [1.29, 1.82) is 0 Å². The lowest BCUT2D eigenvalue weighted by Crippen LogP contribution is -2.27. The van der Waals surface area contributed by atoms with E-state index in [1.807, 2.05) is 18.2 Å². The molecule has 1 atom stereocenters. The third-order valence-corrected chi connectivity index (χ3v) is 5.37. The molecule has 1 N–H and O–H groups in total. The Hall–Kier alpha value is -2.61. The molecule has 2 heterocycles. The van der Waals surface area contributed by atoms with Gasteiger partial charge in [-0.05, 0) is 38.3 Å². The number of amides is 1. The number of para-hydroxylation sites is 1. The Morgan fingerprint density at radius 2 is 2.04 bits per heavy atom. The topological polar surface area (TPSA) is 90.0 Å². The minimum atomic E-state index is -0.469. The monoisotopic (exact) mass is 400 g/mol. The highest BCUT2D eigenvalue weighted by atomic mass is 32.2. The Labute approximate surface area is 167 Å². The van der Waals surface area contributed by atoms with Crippen LogP contribution < -0.4 is 10.9 Å². The molecule has 28 heavy (non-hydrogen) atoms. The van der Waals surface area contributed by atoms with Crippen LogP contribution in [0.4, 0.5) is 5.88 Å². The van der Waals surface area contributed by atoms with E-state index in [1.165, 1.54) is 11.8 Å². The summed E-state index contributed by atoms with van der Waals surface area (Å²) in [6.45, 7) is 8.34. The molecule has 0 fully saturated rings. The molecule has 0 spiro atoms. The van der Waals surface area contributed by atoms with Crippen molar-refractivity contribution < 1.29 is 9.32 Å². The summed E-state index contributed by atoms with van der Waals surface area (Å²) in [5, 5.41) is 7.12. The molecule has 2 aromatic heterocycles. The highest BCUT2D eigenvalue weighted by molar-refractivity contribution is 8.00. The molecule has 0 aliphatic carbocycles. The number of thioether (sulfide) groups is 1. The van der Waals surface area contributed by atoms with Gasteiger partial charge in [-0.15, -0.1) is 0 Å². The first-order valence-electron chi connectivity index (χ1n) is 9.25. The van der Waals surface area contributed by atoms with Gasteiger partial charge in [0.05, 0.1) is 21.8 Å². The average molecular weight is 401 g/mol. The van der Waals surface area contributed by atoms with Gasteiger partial charge < -0.3 is 4.52 Å². The van der Waals surface area contributed by atoms with Gasteiger partial charge in [0.15, 0.2) is 5.16 Å². The standard InChI is InChI=1S/C20H24N4O3S/c1-12(2)9-10-24-19(26)15-7-5-6-8-16(15)21-20(24)28-14(4)18(25)22-17-11-13(3)23-27-17/h5-8,11-12,14H,9-10H2,1-4H3,(H,22,25). The minimum Gasteiger partial charge on any atom is -0.338 e. The van der Waals surface area contributed by atoms with E-state index in [9.17, 15) is 9.59 Å².